The van der Waals surface area contributed by atoms with Crippen LogP contribution in [-0.4, -0.2) is 32.4 Å². The summed E-state index contributed by atoms with van der Waals surface area (Å²) in [6.07, 6.45) is 1.91. The predicted octanol–water partition coefficient (Wildman–Crippen LogP) is 2.78. The quantitative estimate of drug-likeness (QED) is 0.910. The standard InChI is InChI=1S/C16H26N2O2S/c1-12(2)16-9-6-10-18(16)21(19,20)15-8-5-7-14(11-15)13(3)17-4/h5,7-8,11-13,16-17H,6,9-10H2,1-4H3. The van der Waals surface area contributed by atoms with E-state index in [0.29, 0.717) is 17.4 Å². The largest absolute Gasteiger partial charge is 0.313 e. The average molecular weight is 310 g/mol. The molecule has 0 spiro atoms. The highest BCUT2D eigenvalue weighted by Gasteiger charge is 2.36. The summed E-state index contributed by atoms with van der Waals surface area (Å²) in [6, 6.07) is 7.56. The van der Waals surface area contributed by atoms with E-state index < -0.39 is 10.0 Å². The van der Waals surface area contributed by atoms with E-state index in [4.69, 9.17) is 0 Å². The normalized spacial score (nSPS) is 21.9. The molecule has 0 saturated carbocycles. The summed E-state index contributed by atoms with van der Waals surface area (Å²) in [5.74, 6) is 0.349. The highest BCUT2D eigenvalue weighted by molar-refractivity contribution is 7.89. The predicted molar refractivity (Wildman–Crippen MR) is 85.7 cm³/mol. The Kier molecular flexibility index (Phi) is 5.07. The molecule has 0 amide bonds. The van der Waals surface area contributed by atoms with Crippen LogP contribution >= 0.6 is 0 Å². The molecule has 1 aliphatic rings. The Balaban J connectivity index is 2.35. The molecular formula is C16H26N2O2S. The van der Waals surface area contributed by atoms with Crippen LogP contribution in [0.25, 0.3) is 0 Å². The molecule has 2 rings (SSSR count). The number of rotatable bonds is 5. The van der Waals surface area contributed by atoms with Crippen LogP contribution in [0.1, 0.15) is 45.2 Å². The van der Waals surface area contributed by atoms with Gasteiger partial charge in [0.25, 0.3) is 0 Å². The molecule has 2 atom stereocenters. The Morgan fingerprint density at radius 2 is 2.00 bits per heavy atom. The van der Waals surface area contributed by atoms with Gasteiger partial charge < -0.3 is 5.32 Å². The summed E-state index contributed by atoms with van der Waals surface area (Å²) in [7, 11) is -1.52. The maximum Gasteiger partial charge on any atom is 0.243 e. The molecular weight excluding hydrogens is 284 g/mol. The Bertz CT molecular complexity index is 584. The fraction of sp³-hybridized carbons (Fsp3) is 0.625. The van der Waals surface area contributed by atoms with Gasteiger partial charge in [-0.15, -0.1) is 0 Å². The lowest BCUT2D eigenvalue weighted by Gasteiger charge is -2.27. The highest BCUT2D eigenvalue weighted by Crippen LogP contribution is 2.30. The van der Waals surface area contributed by atoms with E-state index in [1.807, 2.05) is 26.1 Å². The summed E-state index contributed by atoms with van der Waals surface area (Å²) < 4.78 is 27.5. The number of nitrogens with zero attached hydrogens (tertiary/aromatic N) is 1. The molecule has 1 aromatic carbocycles. The van der Waals surface area contributed by atoms with Crippen molar-refractivity contribution in [3.8, 4) is 0 Å². The van der Waals surface area contributed by atoms with Crippen molar-refractivity contribution in [3.63, 3.8) is 0 Å². The van der Waals surface area contributed by atoms with Crippen molar-refractivity contribution in [2.45, 2.75) is 50.6 Å². The van der Waals surface area contributed by atoms with E-state index in [9.17, 15) is 8.42 Å². The SMILES string of the molecule is CNC(C)c1cccc(S(=O)(=O)N2CCCC2C(C)C)c1. The summed E-state index contributed by atoms with van der Waals surface area (Å²) in [5.41, 5.74) is 0.999. The Labute approximate surface area is 128 Å². The van der Waals surface area contributed by atoms with E-state index >= 15 is 0 Å². The van der Waals surface area contributed by atoms with Gasteiger partial charge in [0.05, 0.1) is 4.90 Å². The Morgan fingerprint density at radius 3 is 2.62 bits per heavy atom. The molecule has 0 aromatic heterocycles. The van der Waals surface area contributed by atoms with E-state index in [-0.39, 0.29) is 12.1 Å². The van der Waals surface area contributed by atoms with E-state index in [1.54, 1.807) is 16.4 Å². The third-order valence-corrected chi connectivity index (χ3v) is 6.34. The molecule has 21 heavy (non-hydrogen) atoms. The first-order valence-corrected chi connectivity index (χ1v) is 9.11. The molecule has 0 aliphatic carbocycles. The van der Waals surface area contributed by atoms with Crippen LogP contribution in [0.3, 0.4) is 0 Å². The Morgan fingerprint density at radius 1 is 1.29 bits per heavy atom. The van der Waals surface area contributed by atoms with E-state index in [0.717, 1.165) is 18.4 Å². The molecule has 2 unspecified atom stereocenters. The van der Waals surface area contributed by atoms with Gasteiger partial charge in [-0.05, 0) is 50.4 Å². The van der Waals surface area contributed by atoms with E-state index in [1.165, 1.54) is 0 Å². The molecule has 118 valence electrons. The first-order valence-electron chi connectivity index (χ1n) is 7.67. The first-order chi connectivity index (χ1) is 9.87. The molecule has 4 nitrogen and oxygen atoms in total. The van der Waals surface area contributed by atoms with Gasteiger partial charge in [-0.25, -0.2) is 8.42 Å². The number of benzene rings is 1. The van der Waals surface area contributed by atoms with Gasteiger partial charge in [0.15, 0.2) is 0 Å². The van der Waals surface area contributed by atoms with Crippen molar-refractivity contribution in [2.75, 3.05) is 13.6 Å². The third kappa shape index (κ3) is 3.30. The Hall–Kier alpha value is -0.910. The minimum atomic E-state index is -3.39. The van der Waals surface area contributed by atoms with Gasteiger partial charge in [0.2, 0.25) is 10.0 Å². The van der Waals surface area contributed by atoms with Crippen LogP contribution in [0.2, 0.25) is 0 Å². The second kappa shape index (κ2) is 6.46. The molecule has 0 bridgehead atoms. The zero-order valence-corrected chi connectivity index (χ0v) is 14.2. The summed E-state index contributed by atoms with van der Waals surface area (Å²) in [5, 5.41) is 3.15. The number of nitrogens with one attached hydrogen (secondary N) is 1. The molecule has 1 N–H and O–H groups in total. The third-order valence-electron chi connectivity index (χ3n) is 4.42. The fourth-order valence-electron chi connectivity index (χ4n) is 2.98. The monoisotopic (exact) mass is 310 g/mol. The second-order valence-electron chi connectivity index (χ2n) is 6.15. The van der Waals surface area contributed by atoms with Gasteiger partial charge in [0, 0.05) is 18.6 Å². The molecule has 1 heterocycles. The van der Waals surface area contributed by atoms with Crippen LogP contribution in [0.4, 0.5) is 0 Å². The topological polar surface area (TPSA) is 49.4 Å². The van der Waals surface area contributed by atoms with Crippen LogP contribution < -0.4 is 5.32 Å². The molecule has 5 heteroatoms. The molecule has 1 saturated heterocycles. The maximum absolute atomic E-state index is 12.9. The van der Waals surface area contributed by atoms with Gasteiger partial charge in [-0.1, -0.05) is 26.0 Å². The number of sulfonamides is 1. The lowest BCUT2D eigenvalue weighted by atomic mass is 10.0. The van der Waals surface area contributed by atoms with Gasteiger partial charge in [-0.2, -0.15) is 4.31 Å². The molecule has 1 aromatic rings. The minimum absolute atomic E-state index is 0.125. The molecule has 1 fully saturated rings. The van der Waals surface area contributed by atoms with Crippen molar-refractivity contribution in [1.29, 1.82) is 0 Å². The summed E-state index contributed by atoms with van der Waals surface area (Å²) in [6.45, 7) is 6.85. The summed E-state index contributed by atoms with van der Waals surface area (Å²) >= 11 is 0. The lowest BCUT2D eigenvalue weighted by molar-refractivity contribution is 0.315. The highest BCUT2D eigenvalue weighted by atomic mass is 32.2. The lowest BCUT2D eigenvalue weighted by Crippen LogP contribution is -2.38. The minimum Gasteiger partial charge on any atom is -0.313 e. The van der Waals surface area contributed by atoms with Crippen LogP contribution in [-0.2, 0) is 10.0 Å². The maximum atomic E-state index is 12.9. The van der Waals surface area contributed by atoms with Crippen LogP contribution in [0, 0.1) is 5.92 Å². The number of hydrogen-bond donors (Lipinski definition) is 1. The van der Waals surface area contributed by atoms with Crippen molar-refractivity contribution < 1.29 is 8.42 Å². The second-order valence-corrected chi connectivity index (χ2v) is 8.04. The molecule has 0 radical (unpaired) electrons. The van der Waals surface area contributed by atoms with Gasteiger partial charge in [0.1, 0.15) is 0 Å². The average Bonchev–Trinajstić information content (AvgIpc) is 2.97. The van der Waals surface area contributed by atoms with Crippen molar-refractivity contribution in [2.24, 2.45) is 5.92 Å². The van der Waals surface area contributed by atoms with Crippen molar-refractivity contribution in [3.05, 3.63) is 29.8 Å². The van der Waals surface area contributed by atoms with Crippen molar-refractivity contribution >= 4 is 10.0 Å². The van der Waals surface area contributed by atoms with Crippen molar-refractivity contribution in [1.82, 2.24) is 9.62 Å². The first kappa shape index (κ1) is 16.5. The van der Waals surface area contributed by atoms with E-state index in [2.05, 4.69) is 19.2 Å². The fourth-order valence-corrected chi connectivity index (χ4v) is 4.86. The zero-order valence-electron chi connectivity index (χ0n) is 13.3. The van der Waals surface area contributed by atoms with Crippen LogP contribution in [0.15, 0.2) is 29.2 Å². The van der Waals surface area contributed by atoms with Crippen LogP contribution in [0.5, 0.6) is 0 Å². The van der Waals surface area contributed by atoms with Gasteiger partial charge in [-0.3, -0.25) is 0 Å². The molecule has 1 aliphatic heterocycles. The van der Waals surface area contributed by atoms with Gasteiger partial charge >= 0.3 is 0 Å². The zero-order chi connectivity index (χ0) is 15.6. The smallest absolute Gasteiger partial charge is 0.243 e. The number of hydrogen-bond acceptors (Lipinski definition) is 3. The summed E-state index contributed by atoms with van der Waals surface area (Å²) in [4.78, 5) is 0.412.